The van der Waals surface area contributed by atoms with Crippen molar-refractivity contribution in [3.05, 3.63) is 47.5 Å². The fraction of sp³-hybridized carbons (Fsp3) is 0.0588. The molecule has 0 fully saturated rings. The largest absolute Gasteiger partial charge is 0.399 e. The van der Waals surface area contributed by atoms with Crippen LogP contribution in [0.4, 0.5) is 11.5 Å². The highest BCUT2D eigenvalue weighted by Crippen LogP contribution is 2.39. The molecule has 23 heavy (non-hydrogen) atoms. The molecule has 0 atom stereocenters. The van der Waals surface area contributed by atoms with Gasteiger partial charge in [0.05, 0.1) is 0 Å². The Balaban J connectivity index is 2.16. The molecule has 1 aromatic carbocycles. The van der Waals surface area contributed by atoms with Crippen LogP contribution >= 0.6 is 11.3 Å². The van der Waals surface area contributed by atoms with E-state index in [9.17, 15) is 4.79 Å². The first-order valence-corrected chi connectivity index (χ1v) is 7.89. The topological polar surface area (TPSA) is 94.0 Å². The van der Waals surface area contributed by atoms with Gasteiger partial charge in [0.25, 0.3) is 0 Å². The van der Waals surface area contributed by atoms with E-state index in [2.05, 4.69) is 10.3 Å². The Morgan fingerprint density at radius 3 is 2.91 bits per heavy atom. The summed E-state index contributed by atoms with van der Waals surface area (Å²) in [6, 6.07) is 7.66. The van der Waals surface area contributed by atoms with Crippen molar-refractivity contribution >= 4 is 44.9 Å². The van der Waals surface area contributed by atoms with Gasteiger partial charge in [-0.2, -0.15) is 0 Å². The molecule has 0 aliphatic carbocycles. The summed E-state index contributed by atoms with van der Waals surface area (Å²) < 4.78 is 0.995. The van der Waals surface area contributed by atoms with E-state index < -0.39 is 0 Å². The summed E-state index contributed by atoms with van der Waals surface area (Å²) in [5.41, 5.74) is 15.5. The smallest absolute Gasteiger partial charge is 0.243 e. The molecule has 0 radical (unpaired) electrons. The van der Waals surface area contributed by atoms with Crippen molar-refractivity contribution < 1.29 is 4.79 Å². The second-order valence-corrected chi connectivity index (χ2v) is 5.90. The number of amides is 1. The summed E-state index contributed by atoms with van der Waals surface area (Å²) in [6.45, 7) is 0. The molecule has 5 N–H and O–H groups in total. The first-order valence-electron chi connectivity index (χ1n) is 7.01. The van der Waals surface area contributed by atoms with Gasteiger partial charge in [-0.05, 0) is 29.2 Å². The number of benzene rings is 1. The molecule has 6 heteroatoms. The van der Waals surface area contributed by atoms with E-state index in [4.69, 9.17) is 11.5 Å². The summed E-state index contributed by atoms with van der Waals surface area (Å²) in [5, 5.41) is 5.48. The van der Waals surface area contributed by atoms with Crippen LogP contribution in [0.3, 0.4) is 0 Å². The predicted octanol–water partition coefficient (Wildman–Crippen LogP) is 2.89. The Morgan fingerprint density at radius 2 is 2.17 bits per heavy atom. The predicted molar refractivity (Wildman–Crippen MR) is 97.0 cm³/mol. The monoisotopic (exact) mass is 324 g/mol. The summed E-state index contributed by atoms with van der Waals surface area (Å²) in [6.07, 6.45) is 4.90. The zero-order valence-electron chi connectivity index (χ0n) is 12.5. The fourth-order valence-corrected chi connectivity index (χ4v) is 3.45. The quantitative estimate of drug-likeness (QED) is 0.510. The Kier molecular flexibility index (Phi) is 3.99. The summed E-state index contributed by atoms with van der Waals surface area (Å²) in [4.78, 5) is 15.7. The maximum absolute atomic E-state index is 11.4. The lowest BCUT2D eigenvalue weighted by Gasteiger charge is -2.05. The lowest BCUT2D eigenvalue weighted by molar-refractivity contribution is -0.115. The van der Waals surface area contributed by atoms with Crippen LogP contribution in [-0.2, 0) is 4.79 Å². The number of thiophene rings is 1. The van der Waals surface area contributed by atoms with Gasteiger partial charge < -0.3 is 16.8 Å². The molecular formula is C17H16N4OS. The van der Waals surface area contributed by atoms with Gasteiger partial charge in [0.15, 0.2) is 0 Å². The molecule has 116 valence electrons. The number of carbonyl (C=O) groups excluding carboxylic acids is 1. The molecule has 0 saturated heterocycles. The molecule has 0 saturated carbocycles. The summed E-state index contributed by atoms with van der Waals surface area (Å²) in [5.74, 6) is 0.304. The minimum Gasteiger partial charge on any atom is -0.399 e. The Hall–Kier alpha value is -2.86. The van der Waals surface area contributed by atoms with Crippen LogP contribution in [0.5, 0.6) is 0 Å². The number of nitrogen functional groups attached to an aromatic ring is 2. The number of fused-ring (bicyclic) bond motifs is 1. The van der Waals surface area contributed by atoms with Gasteiger partial charge in [-0.1, -0.05) is 12.1 Å². The van der Waals surface area contributed by atoms with E-state index in [1.807, 2.05) is 29.6 Å². The van der Waals surface area contributed by atoms with Crippen molar-refractivity contribution in [3.63, 3.8) is 0 Å². The van der Waals surface area contributed by atoms with Crippen LogP contribution in [0.25, 0.3) is 27.3 Å². The van der Waals surface area contributed by atoms with E-state index in [0.717, 1.165) is 26.8 Å². The maximum atomic E-state index is 11.4. The molecular weight excluding hydrogens is 308 g/mol. The first kappa shape index (κ1) is 15.1. The molecule has 2 aromatic heterocycles. The molecule has 0 aliphatic rings. The second kappa shape index (κ2) is 6.10. The molecule has 3 aromatic rings. The lowest BCUT2D eigenvalue weighted by atomic mass is 10.0. The summed E-state index contributed by atoms with van der Waals surface area (Å²) >= 11 is 1.57. The van der Waals surface area contributed by atoms with Crippen LogP contribution in [0, 0.1) is 0 Å². The third kappa shape index (κ3) is 2.89. The van der Waals surface area contributed by atoms with Crippen molar-refractivity contribution in [2.24, 2.45) is 0 Å². The fourth-order valence-electron chi connectivity index (χ4n) is 2.37. The van der Waals surface area contributed by atoms with E-state index >= 15 is 0 Å². The number of hydrogen-bond acceptors (Lipinski definition) is 5. The highest BCUT2D eigenvalue weighted by molar-refractivity contribution is 7.18. The third-order valence-electron chi connectivity index (χ3n) is 3.51. The van der Waals surface area contributed by atoms with Crippen molar-refractivity contribution in [1.29, 1.82) is 0 Å². The van der Waals surface area contributed by atoms with E-state index in [1.165, 1.54) is 6.08 Å². The molecule has 3 rings (SSSR count). The van der Waals surface area contributed by atoms with Crippen molar-refractivity contribution in [2.75, 3.05) is 18.5 Å². The molecule has 0 unspecified atom stereocenters. The van der Waals surface area contributed by atoms with Crippen LogP contribution in [0.1, 0.15) is 5.56 Å². The number of pyridine rings is 1. The number of aromatic nitrogens is 1. The van der Waals surface area contributed by atoms with Crippen molar-refractivity contribution in [1.82, 2.24) is 10.3 Å². The summed E-state index contributed by atoms with van der Waals surface area (Å²) in [7, 11) is 1.59. The zero-order valence-corrected chi connectivity index (χ0v) is 13.4. The number of carbonyl (C=O) groups is 1. The highest BCUT2D eigenvalue weighted by atomic mass is 32.1. The normalized spacial score (nSPS) is 11.2. The number of nitrogens with one attached hydrogen (secondary N) is 1. The maximum Gasteiger partial charge on any atom is 0.243 e. The zero-order chi connectivity index (χ0) is 16.4. The van der Waals surface area contributed by atoms with Gasteiger partial charge in [0, 0.05) is 46.2 Å². The van der Waals surface area contributed by atoms with E-state index in [0.29, 0.717) is 11.5 Å². The molecule has 0 bridgehead atoms. The number of rotatable bonds is 3. The lowest BCUT2D eigenvalue weighted by Crippen LogP contribution is -2.13. The average molecular weight is 324 g/mol. The molecule has 1 amide bonds. The molecule has 0 spiro atoms. The van der Waals surface area contributed by atoms with E-state index in [-0.39, 0.29) is 5.91 Å². The highest BCUT2D eigenvalue weighted by Gasteiger charge is 2.13. The number of likely N-dealkylation sites (N-methyl/N-ethyl adjacent to an activating group) is 1. The standard InChI is InChI=1S/C17H16N4OS/c1-20-14(22)6-5-11-8-21-17(19)15-13(9-23-16(11)15)10-3-2-4-12(18)7-10/h2-9H,18H2,1H3,(H2,19,21)(H,20,22)/b6-5+. The van der Waals surface area contributed by atoms with Crippen LogP contribution in [0.15, 0.2) is 41.9 Å². The van der Waals surface area contributed by atoms with Gasteiger partial charge in [-0.25, -0.2) is 4.98 Å². The number of nitrogens with two attached hydrogens (primary N) is 2. The van der Waals surface area contributed by atoms with Gasteiger partial charge in [0.2, 0.25) is 5.91 Å². The Labute approximate surface area is 137 Å². The minimum atomic E-state index is -0.164. The van der Waals surface area contributed by atoms with E-state index in [1.54, 1.807) is 30.7 Å². The first-order chi connectivity index (χ1) is 11.1. The van der Waals surface area contributed by atoms with Gasteiger partial charge >= 0.3 is 0 Å². The van der Waals surface area contributed by atoms with Gasteiger partial charge in [0.1, 0.15) is 5.82 Å². The number of anilines is 2. The van der Waals surface area contributed by atoms with Gasteiger partial charge in [-0.3, -0.25) is 4.79 Å². The number of nitrogens with zero attached hydrogens (tertiary/aromatic N) is 1. The Morgan fingerprint density at radius 1 is 1.35 bits per heavy atom. The molecule has 5 nitrogen and oxygen atoms in total. The van der Waals surface area contributed by atoms with Crippen LogP contribution in [0.2, 0.25) is 0 Å². The number of hydrogen-bond donors (Lipinski definition) is 3. The second-order valence-electron chi connectivity index (χ2n) is 5.03. The van der Waals surface area contributed by atoms with Crippen LogP contribution < -0.4 is 16.8 Å². The van der Waals surface area contributed by atoms with Crippen LogP contribution in [-0.4, -0.2) is 17.9 Å². The minimum absolute atomic E-state index is 0.164. The average Bonchev–Trinajstić information content (AvgIpc) is 3.00. The van der Waals surface area contributed by atoms with Crippen molar-refractivity contribution in [2.45, 2.75) is 0 Å². The van der Waals surface area contributed by atoms with Crippen molar-refractivity contribution in [3.8, 4) is 11.1 Å². The van der Waals surface area contributed by atoms with Gasteiger partial charge in [-0.15, -0.1) is 11.3 Å². The third-order valence-corrected chi connectivity index (χ3v) is 4.54. The SMILES string of the molecule is CNC(=O)/C=C/c1cnc(N)c2c(-c3cccc(N)c3)csc12. The Bertz CT molecular complexity index is 914. The molecule has 0 aliphatic heterocycles. The molecule has 2 heterocycles.